The van der Waals surface area contributed by atoms with E-state index >= 15 is 0 Å². The quantitative estimate of drug-likeness (QED) is 0.596. The summed E-state index contributed by atoms with van der Waals surface area (Å²) >= 11 is 3.51. The topological polar surface area (TPSA) is 67.2 Å². The molecule has 1 aromatic heterocycles. The van der Waals surface area contributed by atoms with Gasteiger partial charge >= 0.3 is 0 Å². The molecule has 7 heteroatoms. The van der Waals surface area contributed by atoms with Crippen LogP contribution in [0, 0.1) is 23.2 Å². The van der Waals surface area contributed by atoms with E-state index in [-0.39, 0.29) is 17.5 Å². The number of hydrogen-bond donors (Lipinski definition) is 1. The van der Waals surface area contributed by atoms with Crippen LogP contribution in [0.3, 0.4) is 0 Å². The Morgan fingerprint density at radius 1 is 1.12 bits per heavy atom. The predicted molar refractivity (Wildman–Crippen MR) is 136 cm³/mol. The van der Waals surface area contributed by atoms with Gasteiger partial charge in [-0.25, -0.2) is 0 Å². The Morgan fingerprint density at radius 3 is 2.39 bits per heavy atom. The molecule has 2 fully saturated rings. The van der Waals surface area contributed by atoms with Crippen molar-refractivity contribution in [1.29, 1.82) is 0 Å². The Morgan fingerprint density at radius 2 is 1.76 bits per heavy atom. The molecule has 0 bridgehead atoms. The molecule has 2 heterocycles. The highest BCUT2D eigenvalue weighted by molar-refractivity contribution is 9.10. The summed E-state index contributed by atoms with van der Waals surface area (Å²) in [5.74, 6) is 1.67. The summed E-state index contributed by atoms with van der Waals surface area (Å²) in [4.78, 5) is 27.6. The maximum Gasteiger partial charge on any atom is 0.287 e. The SMILES string of the molecule is C[C@@H]1[C@@H](C)C(C)(C)[C@@H](C)C[C@H]1Nc1cnn(-c2ccc(C(=O)N3CCCC3)cc2)c(=O)c1Br. The second-order valence-electron chi connectivity index (χ2n) is 10.5. The van der Waals surface area contributed by atoms with E-state index in [9.17, 15) is 9.59 Å². The standard InChI is InChI=1S/C26H35BrN4O2/c1-16-14-21(17(2)18(3)26(16,4)5)29-22-15-28-31(25(33)23(22)27)20-10-8-19(9-11-20)24(32)30-12-6-7-13-30/h8-11,15-18,21,29H,6-7,12-14H2,1-5H3/t16-,17+,18+,21+/m0/s1. The second kappa shape index (κ2) is 9.24. The summed E-state index contributed by atoms with van der Waals surface area (Å²) in [5, 5.41) is 8.03. The molecule has 4 rings (SSSR count). The van der Waals surface area contributed by atoms with Crippen molar-refractivity contribution in [2.75, 3.05) is 18.4 Å². The lowest BCUT2D eigenvalue weighted by molar-refractivity contribution is 0.0316. The smallest absolute Gasteiger partial charge is 0.287 e. The average Bonchev–Trinajstić information content (AvgIpc) is 3.34. The number of amides is 1. The van der Waals surface area contributed by atoms with E-state index in [2.05, 4.69) is 61.0 Å². The van der Waals surface area contributed by atoms with Crippen LogP contribution in [0.5, 0.6) is 0 Å². The van der Waals surface area contributed by atoms with Gasteiger partial charge in [-0.1, -0.05) is 34.6 Å². The van der Waals surface area contributed by atoms with E-state index in [4.69, 9.17) is 0 Å². The molecule has 2 aliphatic rings. The van der Waals surface area contributed by atoms with E-state index in [1.165, 1.54) is 4.68 Å². The molecule has 6 nitrogen and oxygen atoms in total. The number of nitrogens with one attached hydrogen (secondary N) is 1. The predicted octanol–water partition coefficient (Wildman–Crippen LogP) is 5.35. The fraction of sp³-hybridized carbons (Fsp3) is 0.577. The summed E-state index contributed by atoms with van der Waals surface area (Å²) in [6.45, 7) is 13.3. The minimum absolute atomic E-state index is 0.0494. The molecule has 0 radical (unpaired) electrons. The number of halogens is 1. The van der Waals surface area contributed by atoms with Crippen LogP contribution in [-0.4, -0.2) is 39.7 Å². The van der Waals surface area contributed by atoms with Gasteiger partial charge in [-0.3, -0.25) is 9.59 Å². The minimum atomic E-state index is -0.219. The van der Waals surface area contributed by atoms with E-state index < -0.39 is 0 Å². The largest absolute Gasteiger partial charge is 0.380 e. The molecule has 1 N–H and O–H groups in total. The molecule has 1 aromatic carbocycles. The zero-order chi connectivity index (χ0) is 23.9. The first kappa shape index (κ1) is 24.0. The lowest BCUT2D eigenvalue weighted by Crippen LogP contribution is -2.48. The number of anilines is 1. The first-order valence-electron chi connectivity index (χ1n) is 12.0. The Bertz CT molecular complexity index is 1070. The van der Waals surface area contributed by atoms with Crippen molar-refractivity contribution >= 4 is 27.5 Å². The van der Waals surface area contributed by atoms with Crippen LogP contribution in [0.25, 0.3) is 5.69 Å². The Balaban J connectivity index is 1.53. The summed E-state index contributed by atoms with van der Waals surface area (Å²) in [5.41, 5.74) is 2.08. The first-order valence-corrected chi connectivity index (χ1v) is 12.8. The van der Waals surface area contributed by atoms with E-state index in [0.717, 1.165) is 38.0 Å². The zero-order valence-electron chi connectivity index (χ0n) is 20.3. The van der Waals surface area contributed by atoms with Gasteiger partial charge in [0.1, 0.15) is 4.47 Å². The van der Waals surface area contributed by atoms with Crippen molar-refractivity contribution in [1.82, 2.24) is 14.7 Å². The highest BCUT2D eigenvalue weighted by atomic mass is 79.9. The van der Waals surface area contributed by atoms with Gasteiger partial charge in [-0.15, -0.1) is 0 Å². The van der Waals surface area contributed by atoms with Gasteiger partial charge in [-0.2, -0.15) is 9.78 Å². The van der Waals surface area contributed by atoms with Crippen molar-refractivity contribution in [2.24, 2.45) is 23.2 Å². The van der Waals surface area contributed by atoms with Gasteiger partial charge in [0, 0.05) is 24.7 Å². The van der Waals surface area contributed by atoms with Crippen molar-refractivity contribution in [2.45, 2.75) is 59.9 Å². The van der Waals surface area contributed by atoms with Crippen LogP contribution in [0.1, 0.15) is 64.2 Å². The Hall–Kier alpha value is -2.15. The van der Waals surface area contributed by atoms with E-state index in [1.54, 1.807) is 30.5 Å². The lowest BCUT2D eigenvalue weighted by atomic mass is 9.58. The summed E-state index contributed by atoms with van der Waals surface area (Å²) in [6, 6.07) is 7.40. The van der Waals surface area contributed by atoms with Crippen molar-refractivity contribution in [3.05, 3.63) is 50.9 Å². The molecule has 1 aliphatic carbocycles. The first-order chi connectivity index (χ1) is 15.6. The van der Waals surface area contributed by atoms with Gasteiger partial charge in [0.25, 0.3) is 11.5 Å². The van der Waals surface area contributed by atoms with Gasteiger partial charge in [-0.05, 0) is 82.6 Å². The monoisotopic (exact) mass is 514 g/mol. The van der Waals surface area contributed by atoms with Gasteiger partial charge < -0.3 is 10.2 Å². The highest BCUT2D eigenvalue weighted by Gasteiger charge is 2.43. The Kier molecular flexibility index (Phi) is 6.72. The molecular weight excluding hydrogens is 480 g/mol. The van der Waals surface area contributed by atoms with Crippen LogP contribution < -0.4 is 10.9 Å². The number of nitrogens with zero attached hydrogens (tertiary/aromatic N) is 3. The number of hydrogen-bond acceptors (Lipinski definition) is 4. The number of likely N-dealkylation sites (tertiary alicyclic amines) is 1. The number of carbonyl (C=O) groups is 1. The maximum absolute atomic E-state index is 13.1. The Labute approximate surface area is 204 Å². The fourth-order valence-electron chi connectivity index (χ4n) is 5.33. The van der Waals surface area contributed by atoms with Gasteiger partial charge in [0.2, 0.25) is 0 Å². The normalized spacial score (nSPS) is 26.9. The minimum Gasteiger partial charge on any atom is -0.380 e. The molecule has 0 unspecified atom stereocenters. The molecule has 1 saturated carbocycles. The molecule has 1 amide bonds. The van der Waals surface area contributed by atoms with E-state index in [0.29, 0.717) is 38.9 Å². The van der Waals surface area contributed by atoms with Crippen LogP contribution in [0.15, 0.2) is 39.7 Å². The van der Waals surface area contributed by atoms with Crippen LogP contribution >= 0.6 is 15.9 Å². The number of benzene rings is 1. The van der Waals surface area contributed by atoms with E-state index in [1.807, 2.05) is 4.90 Å². The summed E-state index contributed by atoms with van der Waals surface area (Å²) < 4.78 is 1.85. The van der Waals surface area contributed by atoms with Crippen molar-refractivity contribution < 1.29 is 4.79 Å². The fourth-order valence-corrected chi connectivity index (χ4v) is 5.71. The third-order valence-electron chi connectivity index (χ3n) is 8.49. The molecule has 2 aromatic rings. The number of rotatable bonds is 4. The maximum atomic E-state index is 13.1. The molecule has 1 saturated heterocycles. The highest BCUT2D eigenvalue weighted by Crippen LogP contribution is 2.48. The summed E-state index contributed by atoms with van der Waals surface area (Å²) in [7, 11) is 0. The number of aromatic nitrogens is 2. The van der Waals surface area contributed by atoms with Crippen molar-refractivity contribution in [3.63, 3.8) is 0 Å². The third-order valence-corrected chi connectivity index (χ3v) is 9.25. The molecule has 4 atom stereocenters. The third kappa shape index (κ3) is 4.48. The summed E-state index contributed by atoms with van der Waals surface area (Å²) in [6.07, 6.45) is 4.90. The van der Waals surface area contributed by atoms with Gasteiger partial charge in [0.05, 0.1) is 17.6 Å². The molecular formula is C26H35BrN4O2. The van der Waals surface area contributed by atoms with Crippen LogP contribution in [0.4, 0.5) is 5.69 Å². The molecule has 178 valence electrons. The second-order valence-corrected chi connectivity index (χ2v) is 11.3. The zero-order valence-corrected chi connectivity index (χ0v) is 21.9. The lowest BCUT2D eigenvalue weighted by Gasteiger charge is -2.50. The van der Waals surface area contributed by atoms with Crippen molar-refractivity contribution in [3.8, 4) is 5.69 Å². The molecule has 33 heavy (non-hydrogen) atoms. The number of carbonyl (C=O) groups excluding carboxylic acids is 1. The molecule has 1 aliphatic heterocycles. The van der Waals surface area contributed by atoms with Gasteiger partial charge in [0.15, 0.2) is 0 Å². The van der Waals surface area contributed by atoms with Crippen LogP contribution in [0.2, 0.25) is 0 Å². The molecule has 0 spiro atoms. The van der Waals surface area contributed by atoms with Crippen LogP contribution in [-0.2, 0) is 0 Å². The average molecular weight is 515 g/mol.